The van der Waals surface area contributed by atoms with Crippen LogP contribution in [-0.2, 0) is 6.42 Å². The van der Waals surface area contributed by atoms with Gasteiger partial charge in [-0.3, -0.25) is 4.79 Å². The molecule has 26 heavy (non-hydrogen) atoms. The molecule has 134 valence electrons. The molecular formula is C19H20N4O3. The van der Waals surface area contributed by atoms with E-state index in [1.54, 1.807) is 18.9 Å². The van der Waals surface area contributed by atoms with Crippen LogP contribution >= 0.6 is 0 Å². The summed E-state index contributed by atoms with van der Waals surface area (Å²) in [6, 6.07) is 15.2. The summed E-state index contributed by atoms with van der Waals surface area (Å²) in [5, 5.41) is 7.04. The number of amides is 1. The number of nitrogens with one attached hydrogen (secondary N) is 1. The van der Waals surface area contributed by atoms with Gasteiger partial charge in [0.1, 0.15) is 6.33 Å². The molecule has 7 heteroatoms. The minimum Gasteiger partial charge on any atom is -0.493 e. The van der Waals surface area contributed by atoms with E-state index in [-0.39, 0.29) is 11.7 Å². The number of hydrogen-bond acceptors (Lipinski definition) is 5. The van der Waals surface area contributed by atoms with Crippen LogP contribution in [0.4, 0.5) is 0 Å². The fraction of sp³-hybridized carbons (Fsp3) is 0.211. The molecule has 2 aromatic carbocycles. The number of rotatable bonds is 7. The second kappa shape index (κ2) is 8.15. The number of carbonyl (C=O) groups excluding carboxylic acids is 1. The fourth-order valence-corrected chi connectivity index (χ4v) is 2.51. The van der Waals surface area contributed by atoms with Crippen molar-refractivity contribution < 1.29 is 14.3 Å². The first-order chi connectivity index (χ1) is 12.7. The zero-order valence-corrected chi connectivity index (χ0v) is 14.7. The van der Waals surface area contributed by atoms with Crippen molar-refractivity contribution in [3.05, 3.63) is 66.2 Å². The summed E-state index contributed by atoms with van der Waals surface area (Å²) in [7, 11) is 3.19. The Morgan fingerprint density at radius 3 is 2.58 bits per heavy atom. The zero-order valence-electron chi connectivity index (χ0n) is 14.7. The number of ether oxygens (including phenoxy) is 2. The molecule has 0 aliphatic carbocycles. The molecule has 0 atom stereocenters. The smallest absolute Gasteiger partial charge is 0.290 e. The summed E-state index contributed by atoms with van der Waals surface area (Å²) < 4.78 is 12.1. The van der Waals surface area contributed by atoms with Gasteiger partial charge in [0.05, 0.1) is 19.9 Å². The average Bonchev–Trinajstić information content (AvgIpc) is 3.19. The third-order valence-corrected chi connectivity index (χ3v) is 3.86. The summed E-state index contributed by atoms with van der Waals surface area (Å²) in [6.45, 7) is 0.466. The third kappa shape index (κ3) is 4.00. The van der Waals surface area contributed by atoms with Crippen LogP contribution < -0.4 is 14.8 Å². The lowest BCUT2D eigenvalue weighted by atomic mass is 10.1. The summed E-state index contributed by atoms with van der Waals surface area (Å²) in [5.41, 5.74) is 1.88. The molecule has 0 fully saturated rings. The van der Waals surface area contributed by atoms with E-state index >= 15 is 0 Å². The first kappa shape index (κ1) is 17.5. The van der Waals surface area contributed by atoms with Gasteiger partial charge in [0, 0.05) is 6.54 Å². The predicted octanol–water partition coefficient (Wildman–Crippen LogP) is 2.26. The van der Waals surface area contributed by atoms with Crippen LogP contribution in [0.15, 0.2) is 54.9 Å². The number of hydrogen-bond donors (Lipinski definition) is 1. The average molecular weight is 352 g/mol. The number of carbonyl (C=O) groups is 1. The van der Waals surface area contributed by atoms with Crippen molar-refractivity contribution in [2.75, 3.05) is 20.8 Å². The Labute approximate surface area is 151 Å². The highest BCUT2D eigenvalue weighted by molar-refractivity contribution is 5.90. The van der Waals surface area contributed by atoms with Gasteiger partial charge < -0.3 is 14.8 Å². The zero-order chi connectivity index (χ0) is 18.4. The van der Waals surface area contributed by atoms with E-state index in [4.69, 9.17) is 9.47 Å². The lowest BCUT2D eigenvalue weighted by Gasteiger charge is -2.09. The quantitative estimate of drug-likeness (QED) is 0.706. The van der Waals surface area contributed by atoms with E-state index in [1.165, 1.54) is 6.33 Å². The molecule has 0 saturated carbocycles. The van der Waals surface area contributed by atoms with Crippen molar-refractivity contribution in [1.82, 2.24) is 20.1 Å². The lowest BCUT2D eigenvalue weighted by Crippen LogP contribution is -2.26. The highest BCUT2D eigenvalue weighted by Gasteiger charge is 2.12. The highest BCUT2D eigenvalue weighted by Crippen LogP contribution is 2.27. The fourth-order valence-electron chi connectivity index (χ4n) is 2.51. The predicted molar refractivity (Wildman–Crippen MR) is 96.9 cm³/mol. The maximum atomic E-state index is 12.2. The summed E-state index contributed by atoms with van der Waals surface area (Å²) in [6.07, 6.45) is 2.18. The van der Waals surface area contributed by atoms with Gasteiger partial charge in [-0.25, -0.2) is 9.67 Å². The first-order valence-corrected chi connectivity index (χ1v) is 8.17. The van der Waals surface area contributed by atoms with Crippen LogP contribution in [0.5, 0.6) is 11.5 Å². The van der Waals surface area contributed by atoms with E-state index in [2.05, 4.69) is 15.4 Å². The van der Waals surface area contributed by atoms with Gasteiger partial charge >= 0.3 is 0 Å². The van der Waals surface area contributed by atoms with Crippen molar-refractivity contribution in [3.8, 4) is 17.2 Å². The Hall–Kier alpha value is -3.35. The molecule has 0 saturated heterocycles. The van der Waals surface area contributed by atoms with E-state index in [0.29, 0.717) is 24.5 Å². The number of nitrogens with zero attached hydrogens (tertiary/aromatic N) is 3. The van der Waals surface area contributed by atoms with Crippen molar-refractivity contribution in [3.63, 3.8) is 0 Å². The van der Waals surface area contributed by atoms with Gasteiger partial charge in [0.2, 0.25) is 5.82 Å². The molecular weight excluding hydrogens is 332 g/mol. The highest BCUT2D eigenvalue weighted by atomic mass is 16.5. The molecule has 0 spiro atoms. The van der Waals surface area contributed by atoms with E-state index in [1.807, 2.05) is 48.5 Å². The Morgan fingerprint density at radius 1 is 1.08 bits per heavy atom. The molecule has 0 bridgehead atoms. The Bertz CT molecular complexity index is 878. The van der Waals surface area contributed by atoms with Crippen molar-refractivity contribution in [1.29, 1.82) is 0 Å². The Balaban J connectivity index is 1.57. The molecule has 1 heterocycles. The number of benzene rings is 2. The molecule has 1 amide bonds. The Kier molecular flexibility index (Phi) is 5.48. The lowest BCUT2D eigenvalue weighted by molar-refractivity contribution is 0.0944. The second-order valence-electron chi connectivity index (χ2n) is 5.54. The van der Waals surface area contributed by atoms with Crippen LogP contribution in [0.1, 0.15) is 16.2 Å². The maximum Gasteiger partial charge on any atom is 0.290 e. The van der Waals surface area contributed by atoms with Crippen molar-refractivity contribution in [2.24, 2.45) is 0 Å². The topological polar surface area (TPSA) is 78.3 Å². The maximum absolute atomic E-state index is 12.2. The van der Waals surface area contributed by atoms with Gasteiger partial charge in [-0.15, -0.1) is 5.10 Å². The molecule has 0 aliphatic heterocycles. The molecule has 0 aliphatic rings. The molecule has 3 aromatic rings. The summed E-state index contributed by atoms with van der Waals surface area (Å²) >= 11 is 0. The standard InChI is InChI=1S/C19H20N4O3/c1-25-16-9-8-14(12-17(16)26-2)10-11-20-19(24)18-21-13-23(22-18)15-6-4-3-5-7-15/h3-9,12-13H,10-11H2,1-2H3,(H,20,24). The van der Waals surface area contributed by atoms with Crippen LogP contribution in [-0.4, -0.2) is 41.4 Å². The normalized spacial score (nSPS) is 10.4. The number of para-hydroxylation sites is 1. The van der Waals surface area contributed by atoms with Crippen molar-refractivity contribution in [2.45, 2.75) is 6.42 Å². The molecule has 3 rings (SSSR count). The first-order valence-electron chi connectivity index (χ1n) is 8.17. The van der Waals surface area contributed by atoms with Gasteiger partial charge in [-0.2, -0.15) is 0 Å². The van der Waals surface area contributed by atoms with Gasteiger partial charge in [0.25, 0.3) is 5.91 Å². The van der Waals surface area contributed by atoms with Crippen LogP contribution in [0.25, 0.3) is 5.69 Å². The summed E-state index contributed by atoms with van der Waals surface area (Å²) in [5.74, 6) is 1.18. The van der Waals surface area contributed by atoms with Crippen LogP contribution in [0.2, 0.25) is 0 Å². The van der Waals surface area contributed by atoms with E-state index in [0.717, 1.165) is 11.3 Å². The number of aromatic nitrogens is 3. The minimum absolute atomic E-state index is 0.140. The third-order valence-electron chi connectivity index (χ3n) is 3.86. The summed E-state index contributed by atoms with van der Waals surface area (Å²) in [4.78, 5) is 16.3. The van der Waals surface area contributed by atoms with Crippen LogP contribution in [0.3, 0.4) is 0 Å². The molecule has 1 N–H and O–H groups in total. The largest absolute Gasteiger partial charge is 0.493 e. The van der Waals surface area contributed by atoms with Crippen LogP contribution in [0, 0.1) is 0 Å². The molecule has 1 aromatic heterocycles. The minimum atomic E-state index is -0.305. The van der Waals surface area contributed by atoms with Gasteiger partial charge in [0.15, 0.2) is 11.5 Å². The monoisotopic (exact) mass is 352 g/mol. The van der Waals surface area contributed by atoms with Gasteiger partial charge in [-0.1, -0.05) is 24.3 Å². The Morgan fingerprint density at radius 2 is 1.85 bits per heavy atom. The van der Waals surface area contributed by atoms with Gasteiger partial charge in [-0.05, 0) is 36.2 Å². The molecule has 7 nitrogen and oxygen atoms in total. The second-order valence-corrected chi connectivity index (χ2v) is 5.54. The van der Waals surface area contributed by atoms with E-state index in [9.17, 15) is 4.79 Å². The SMILES string of the molecule is COc1ccc(CCNC(=O)c2ncn(-c3ccccc3)n2)cc1OC. The van der Waals surface area contributed by atoms with Crippen molar-refractivity contribution >= 4 is 5.91 Å². The number of methoxy groups -OCH3 is 2. The molecule has 0 radical (unpaired) electrons. The molecule has 0 unspecified atom stereocenters. The van der Waals surface area contributed by atoms with E-state index < -0.39 is 0 Å².